The number of carbonyl (C=O) groups excluding carboxylic acids is 3. The number of hydrogen-bond donors (Lipinski definition) is 2. The zero-order valence-corrected chi connectivity index (χ0v) is 18.6. The second-order valence-corrected chi connectivity index (χ2v) is 7.63. The molecule has 0 fully saturated rings. The minimum absolute atomic E-state index is 0.0743. The van der Waals surface area contributed by atoms with Crippen molar-refractivity contribution in [2.75, 3.05) is 5.32 Å². The van der Waals surface area contributed by atoms with Gasteiger partial charge in [0, 0.05) is 10.2 Å². The number of aliphatic carboxylic acids is 1. The first kappa shape index (κ1) is 23.7. The van der Waals surface area contributed by atoms with Crippen molar-refractivity contribution in [1.29, 1.82) is 0 Å². The highest BCUT2D eigenvalue weighted by atomic mass is 79.9. The Labute approximate surface area is 197 Å². The summed E-state index contributed by atoms with van der Waals surface area (Å²) < 4.78 is 11.1. The molecular formula is C24H18BrNO7. The molecule has 0 spiro atoms. The lowest BCUT2D eigenvalue weighted by molar-refractivity contribution is -0.157. The van der Waals surface area contributed by atoms with E-state index in [9.17, 15) is 24.3 Å². The molecule has 3 aromatic carbocycles. The minimum atomic E-state index is -2.10. The topological polar surface area (TPSA) is 119 Å². The molecule has 3 aromatic rings. The predicted molar refractivity (Wildman–Crippen MR) is 122 cm³/mol. The Morgan fingerprint density at radius 1 is 0.697 bits per heavy atom. The number of anilines is 1. The van der Waals surface area contributed by atoms with E-state index in [0.29, 0.717) is 5.69 Å². The fourth-order valence-electron chi connectivity index (χ4n) is 2.76. The van der Waals surface area contributed by atoms with Gasteiger partial charge in [-0.25, -0.2) is 14.4 Å². The summed E-state index contributed by atoms with van der Waals surface area (Å²) >= 11 is 3.27. The van der Waals surface area contributed by atoms with E-state index < -0.39 is 36.0 Å². The largest absolute Gasteiger partial charge is 0.478 e. The third-order valence-electron chi connectivity index (χ3n) is 4.38. The van der Waals surface area contributed by atoms with E-state index in [-0.39, 0.29) is 11.1 Å². The van der Waals surface area contributed by atoms with Crippen LogP contribution < -0.4 is 5.32 Å². The number of amides is 1. The van der Waals surface area contributed by atoms with Crippen molar-refractivity contribution in [1.82, 2.24) is 0 Å². The predicted octanol–water partition coefficient (Wildman–Crippen LogP) is 3.92. The molecule has 0 radical (unpaired) electrons. The van der Waals surface area contributed by atoms with Crippen LogP contribution >= 0.6 is 15.9 Å². The first-order valence-corrected chi connectivity index (χ1v) is 10.5. The number of benzene rings is 3. The molecule has 0 aliphatic carbocycles. The molecular weight excluding hydrogens is 494 g/mol. The molecule has 33 heavy (non-hydrogen) atoms. The van der Waals surface area contributed by atoms with Crippen LogP contribution in [0.2, 0.25) is 0 Å². The van der Waals surface area contributed by atoms with E-state index in [0.717, 1.165) is 4.47 Å². The van der Waals surface area contributed by atoms with Crippen molar-refractivity contribution >= 4 is 45.4 Å². The molecule has 8 nitrogen and oxygen atoms in total. The Balaban J connectivity index is 1.89. The normalized spacial score (nSPS) is 12.2. The van der Waals surface area contributed by atoms with Gasteiger partial charge in [0.1, 0.15) is 0 Å². The van der Waals surface area contributed by atoms with Gasteiger partial charge in [-0.2, -0.15) is 0 Å². The van der Waals surface area contributed by atoms with Gasteiger partial charge in [0.15, 0.2) is 0 Å². The van der Waals surface area contributed by atoms with Gasteiger partial charge >= 0.3 is 17.9 Å². The van der Waals surface area contributed by atoms with Crippen LogP contribution in [0.25, 0.3) is 0 Å². The van der Waals surface area contributed by atoms with Gasteiger partial charge in [0.05, 0.1) is 11.1 Å². The summed E-state index contributed by atoms with van der Waals surface area (Å²) in [6.07, 6.45) is -4.06. The lowest BCUT2D eigenvalue weighted by atomic mass is 10.1. The molecule has 1 amide bonds. The summed E-state index contributed by atoms with van der Waals surface area (Å²) in [4.78, 5) is 50.0. The van der Waals surface area contributed by atoms with Crippen LogP contribution in [0.1, 0.15) is 20.7 Å². The maximum atomic E-state index is 13.0. The van der Waals surface area contributed by atoms with Crippen LogP contribution in [0.4, 0.5) is 5.69 Å². The molecule has 0 aromatic heterocycles. The zero-order valence-electron chi connectivity index (χ0n) is 17.0. The van der Waals surface area contributed by atoms with Gasteiger partial charge in [0.2, 0.25) is 12.2 Å². The van der Waals surface area contributed by atoms with Crippen molar-refractivity contribution in [3.05, 3.63) is 101 Å². The number of rotatable bonds is 8. The lowest BCUT2D eigenvalue weighted by Gasteiger charge is -2.23. The maximum absolute atomic E-state index is 13.0. The molecule has 168 valence electrons. The van der Waals surface area contributed by atoms with Gasteiger partial charge in [-0.15, -0.1) is 0 Å². The fraction of sp³-hybridized carbons (Fsp3) is 0.0833. The number of carboxylic acids is 1. The molecule has 0 saturated carbocycles. The minimum Gasteiger partial charge on any atom is -0.478 e. The SMILES string of the molecule is O=C(O[C@@H](C(=O)O)[C@@H](OC(=O)c1ccccc1)C(=O)Nc1ccc(Br)cc1)c1ccccc1. The van der Waals surface area contributed by atoms with Crippen molar-refractivity contribution in [3.63, 3.8) is 0 Å². The highest BCUT2D eigenvalue weighted by molar-refractivity contribution is 9.10. The van der Waals surface area contributed by atoms with Gasteiger partial charge in [-0.05, 0) is 48.5 Å². The number of carboxylic acid groups (broad SMARTS) is 1. The summed E-state index contributed by atoms with van der Waals surface area (Å²) in [5, 5.41) is 12.2. The van der Waals surface area contributed by atoms with Crippen LogP contribution in [-0.4, -0.2) is 41.1 Å². The average molecular weight is 512 g/mol. The number of nitrogens with one attached hydrogen (secondary N) is 1. The van der Waals surface area contributed by atoms with Gasteiger partial charge in [0.25, 0.3) is 5.91 Å². The molecule has 0 unspecified atom stereocenters. The molecule has 3 rings (SSSR count). The van der Waals surface area contributed by atoms with Crippen LogP contribution in [0, 0.1) is 0 Å². The Morgan fingerprint density at radius 2 is 1.15 bits per heavy atom. The Kier molecular flexibility index (Phi) is 7.93. The standard InChI is InChI=1S/C24H18BrNO7/c25-17-11-13-18(14-12-17)26-21(27)19(32-23(30)15-7-3-1-4-8-15)20(22(28)29)33-24(31)16-9-5-2-6-10-16/h1-14,19-20H,(H,26,27)(H,28,29)/t19-,20-/m1/s1. The van der Waals surface area contributed by atoms with E-state index in [1.165, 1.54) is 24.3 Å². The van der Waals surface area contributed by atoms with E-state index in [2.05, 4.69) is 21.2 Å². The Bertz CT molecular complexity index is 1130. The molecule has 9 heteroatoms. The highest BCUT2D eigenvalue weighted by Crippen LogP contribution is 2.18. The van der Waals surface area contributed by atoms with Crippen molar-refractivity contribution < 1.29 is 33.8 Å². The van der Waals surface area contributed by atoms with Gasteiger partial charge < -0.3 is 19.9 Å². The molecule has 0 aliphatic rings. The fourth-order valence-corrected chi connectivity index (χ4v) is 3.02. The third-order valence-corrected chi connectivity index (χ3v) is 4.90. The summed E-state index contributed by atoms with van der Waals surface area (Å²) in [5.41, 5.74) is 0.491. The first-order valence-electron chi connectivity index (χ1n) is 9.66. The van der Waals surface area contributed by atoms with Crippen molar-refractivity contribution in [3.8, 4) is 0 Å². The van der Waals surface area contributed by atoms with E-state index in [1.807, 2.05) is 0 Å². The van der Waals surface area contributed by atoms with E-state index >= 15 is 0 Å². The average Bonchev–Trinajstić information content (AvgIpc) is 2.83. The maximum Gasteiger partial charge on any atom is 0.349 e. The Morgan fingerprint density at radius 3 is 1.61 bits per heavy atom. The third kappa shape index (κ3) is 6.50. The summed E-state index contributed by atoms with van der Waals surface area (Å²) in [7, 11) is 0. The highest BCUT2D eigenvalue weighted by Gasteiger charge is 2.41. The second-order valence-electron chi connectivity index (χ2n) is 6.72. The van der Waals surface area contributed by atoms with Gasteiger partial charge in [-0.1, -0.05) is 52.3 Å². The number of halogens is 1. The molecule has 0 aliphatic heterocycles. The van der Waals surface area contributed by atoms with Crippen molar-refractivity contribution in [2.45, 2.75) is 12.2 Å². The molecule has 0 saturated heterocycles. The number of esters is 2. The zero-order chi connectivity index (χ0) is 23.8. The molecule has 2 N–H and O–H groups in total. The monoisotopic (exact) mass is 511 g/mol. The van der Waals surface area contributed by atoms with Crippen LogP contribution in [0.15, 0.2) is 89.4 Å². The number of carbonyl (C=O) groups is 4. The number of hydrogen-bond acceptors (Lipinski definition) is 6. The quantitative estimate of drug-likeness (QED) is 0.439. The molecule has 0 heterocycles. The van der Waals surface area contributed by atoms with E-state index in [4.69, 9.17) is 9.47 Å². The van der Waals surface area contributed by atoms with Gasteiger partial charge in [-0.3, -0.25) is 4.79 Å². The summed E-state index contributed by atoms with van der Waals surface area (Å²) in [6, 6.07) is 21.8. The Hall–Kier alpha value is -3.98. The first-order chi connectivity index (χ1) is 15.8. The van der Waals surface area contributed by atoms with E-state index in [1.54, 1.807) is 60.7 Å². The molecule has 0 bridgehead atoms. The second kappa shape index (κ2) is 11.1. The van der Waals surface area contributed by atoms with Crippen LogP contribution in [0.3, 0.4) is 0 Å². The van der Waals surface area contributed by atoms with Crippen molar-refractivity contribution in [2.24, 2.45) is 0 Å². The lowest BCUT2D eigenvalue weighted by Crippen LogP contribution is -2.48. The molecule has 2 atom stereocenters. The summed E-state index contributed by atoms with van der Waals surface area (Å²) in [6.45, 7) is 0. The smallest absolute Gasteiger partial charge is 0.349 e. The number of ether oxygens (including phenoxy) is 2. The van der Waals surface area contributed by atoms with Crippen LogP contribution in [-0.2, 0) is 19.1 Å². The van der Waals surface area contributed by atoms with Crippen LogP contribution in [0.5, 0.6) is 0 Å². The summed E-state index contributed by atoms with van der Waals surface area (Å²) in [5.74, 6) is -4.57.